The summed E-state index contributed by atoms with van der Waals surface area (Å²) in [5.74, 6) is -0.206. The SMILES string of the molecule is COC(=O)Oc1ccc(-c2cccc(-c3cc(C(C)(C)S(C)(=O)=O)cc4cccnc34)c2)c[n+]1[O-]. The van der Waals surface area contributed by atoms with Crippen LogP contribution in [0, 0.1) is 5.21 Å². The van der Waals surface area contributed by atoms with Crippen LogP contribution in [-0.4, -0.2) is 32.9 Å². The molecule has 0 atom stereocenters. The molecule has 35 heavy (non-hydrogen) atoms. The summed E-state index contributed by atoms with van der Waals surface area (Å²) in [6.07, 6.45) is 3.24. The molecule has 0 aliphatic heterocycles. The molecule has 4 rings (SSSR count). The first-order valence-corrected chi connectivity index (χ1v) is 12.6. The molecule has 0 aliphatic rings. The predicted octanol–water partition coefficient (Wildman–Crippen LogP) is 4.63. The molecule has 0 amide bonds. The number of nitrogens with zero attached hydrogens (tertiary/aromatic N) is 2. The van der Waals surface area contributed by atoms with E-state index in [-0.39, 0.29) is 5.88 Å². The normalized spacial score (nSPS) is 11.9. The van der Waals surface area contributed by atoms with Gasteiger partial charge in [0.25, 0.3) is 0 Å². The highest BCUT2D eigenvalue weighted by Crippen LogP contribution is 2.37. The summed E-state index contributed by atoms with van der Waals surface area (Å²) >= 11 is 0. The molecule has 0 unspecified atom stereocenters. The van der Waals surface area contributed by atoms with E-state index in [1.165, 1.54) is 18.5 Å². The van der Waals surface area contributed by atoms with Crippen molar-refractivity contribution in [2.45, 2.75) is 18.6 Å². The van der Waals surface area contributed by atoms with Gasteiger partial charge in [0.1, 0.15) is 0 Å². The molecule has 0 aliphatic carbocycles. The Balaban J connectivity index is 1.84. The third-order valence-electron chi connectivity index (χ3n) is 6.07. The lowest BCUT2D eigenvalue weighted by Crippen LogP contribution is -2.30. The second-order valence-corrected chi connectivity index (χ2v) is 11.2. The van der Waals surface area contributed by atoms with Gasteiger partial charge < -0.3 is 14.7 Å². The number of benzene rings is 2. The average Bonchev–Trinajstić information content (AvgIpc) is 2.83. The first-order chi connectivity index (χ1) is 16.5. The fraction of sp³-hybridized carbons (Fsp3) is 0.192. The van der Waals surface area contributed by atoms with Crippen molar-refractivity contribution < 1.29 is 27.4 Å². The van der Waals surface area contributed by atoms with Gasteiger partial charge in [-0.3, -0.25) is 4.98 Å². The van der Waals surface area contributed by atoms with Crippen LogP contribution in [0.3, 0.4) is 0 Å². The molecule has 9 heteroatoms. The van der Waals surface area contributed by atoms with E-state index in [9.17, 15) is 18.4 Å². The summed E-state index contributed by atoms with van der Waals surface area (Å²) in [5.41, 5.74) is 4.32. The van der Waals surface area contributed by atoms with Crippen molar-refractivity contribution in [3.05, 3.63) is 83.8 Å². The molecular weight excluding hydrogens is 468 g/mol. The fourth-order valence-corrected chi connectivity index (χ4v) is 4.23. The standard InChI is InChI=1S/C26H24N2O6S/c1-26(2,35(4,31)32)21-14-19-9-6-12-27-24(19)22(15-21)18-8-5-7-17(13-18)20-10-11-23(28(30)16-20)34-25(29)33-3/h5-16H,1-4H3. The molecule has 2 aromatic carbocycles. The second kappa shape index (κ2) is 8.99. The van der Waals surface area contributed by atoms with Crippen molar-refractivity contribution in [1.29, 1.82) is 0 Å². The van der Waals surface area contributed by atoms with Crippen molar-refractivity contribution in [2.24, 2.45) is 0 Å². The van der Waals surface area contributed by atoms with E-state index in [4.69, 9.17) is 4.74 Å². The Morgan fingerprint density at radius 2 is 1.74 bits per heavy atom. The Hall–Kier alpha value is -3.98. The number of aromatic nitrogens is 2. The van der Waals surface area contributed by atoms with E-state index in [0.717, 1.165) is 34.7 Å². The van der Waals surface area contributed by atoms with Crippen molar-refractivity contribution in [3.8, 4) is 28.1 Å². The number of fused-ring (bicyclic) bond motifs is 1. The zero-order valence-electron chi connectivity index (χ0n) is 19.7. The molecule has 2 aromatic heterocycles. The highest BCUT2D eigenvalue weighted by molar-refractivity contribution is 7.91. The minimum atomic E-state index is -3.40. The second-order valence-electron chi connectivity index (χ2n) is 8.60. The van der Waals surface area contributed by atoms with Gasteiger partial charge in [-0.1, -0.05) is 24.3 Å². The van der Waals surface area contributed by atoms with Crippen molar-refractivity contribution in [3.63, 3.8) is 0 Å². The van der Waals surface area contributed by atoms with Crippen molar-refractivity contribution in [1.82, 2.24) is 4.98 Å². The Labute approximate surface area is 203 Å². The van der Waals surface area contributed by atoms with E-state index in [2.05, 4.69) is 9.72 Å². The van der Waals surface area contributed by atoms with Gasteiger partial charge in [0.05, 0.1) is 23.4 Å². The number of hydrogen-bond acceptors (Lipinski definition) is 7. The number of pyridine rings is 2. The van der Waals surface area contributed by atoms with Gasteiger partial charge in [0, 0.05) is 29.0 Å². The van der Waals surface area contributed by atoms with Crippen LogP contribution in [-0.2, 0) is 19.3 Å². The van der Waals surface area contributed by atoms with E-state index in [1.807, 2.05) is 48.5 Å². The number of sulfone groups is 1. The minimum Gasteiger partial charge on any atom is -0.616 e. The monoisotopic (exact) mass is 492 g/mol. The van der Waals surface area contributed by atoms with E-state index >= 15 is 0 Å². The fourth-order valence-electron chi connectivity index (χ4n) is 3.68. The molecule has 0 fully saturated rings. The maximum atomic E-state index is 12.5. The molecular formula is C26H24N2O6S. The van der Waals surface area contributed by atoms with Crippen molar-refractivity contribution in [2.75, 3.05) is 13.4 Å². The van der Waals surface area contributed by atoms with Crippen molar-refractivity contribution >= 4 is 26.9 Å². The van der Waals surface area contributed by atoms with E-state index in [0.29, 0.717) is 15.9 Å². The van der Waals surface area contributed by atoms with Crippen LogP contribution in [0.25, 0.3) is 33.2 Å². The van der Waals surface area contributed by atoms with Crippen LogP contribution in [0.4, 0.5) is 4.79 Å². The highest BCUT2D eigenvalue weighted by Gasteiger charge is 2.33. The maximum Gasteiger partial charge on any atom is 0.517 e. The van der Waals surface area contributed by atoms with Crippen LogP contribution in [0.5, 0.6) is 5.88 Å². The number of methoxy groups -OCH3 is 1. The molecule has 0 saturated heterocycles. The summed E-state index contributed by atoms with van der Waals surface area (Å²) in [6, 6.07) is 18.0. The zero-order valence-corrected chi connectivity index (χ0v) is 20.5. The maximum absolute atomic E-state index is 12.5. The molecule has 0 spiro atoms. The zero-order chi connectivity index (χ0) is 25.4. The van der Waals surface area contributed by atoms with E-state index in [1.54, 1.807) is 26.1 Å². The number of carbonyl (C=O) groups excluding carboxylic acids is 1. The summed E-state index contributed by atoms with van der Waals surface area (Å²) in [5, 5.41) is 13.2. The number of carbonyl (C=O) groups is 1. The smallest absolute Gasteiger partial charge is 0.517 e. The molecule has 0 saturated carbocycles. The average molecular weight is 493 g/mol. The molecule has 0 bridgehead atoms. The number of ether oxygens (including phenoxy) is 2. The third kappa shape index (κ3) is 4.67. The Morgan fingerprint density at radius 1 is 1.00 bits per heavy atom. The van der Waals surface area contributed by atoms with Crippen LogP contribution in [0.1, 0.15) is 19.4 Å². The summed E-state index contributed by atoms with van der Waals surface area (Å²) < 4.78 is 33.7. The Kier molecular flexibility index (Phi) is 6.21. The largest absolute Gasteiger partial charge is 0.616 e. The molecule has 180 valence electrons. The molecule has 0 N–H and O–H groups in total. The lowest BCUT2D eigenvalue weighted by Gasteiger charge is -2.24. The highest BCUT2D eigenvalue weighted by atomic mass is 32.2. The molecule has 2 heterocycles. The van der Waals surface area contributed by atoms with Crippen LogP contribution < -0.4 is 9.47 Å². The third-order valence-corrected chi connectivity index (χ3v) is 8.16. The number of hydrogen-bond donors (Lipinski definition) is 0. The summed E-state index contributed by atoms with van der Waals surface area (Å²) in [6.45, 7) is 3.37. The summed E-state index contributed by atoms with van der Waals surface area (Å²) in [7, 11) is -2.24. The Bertz CT molecular complexity index is 1550. The van der Waals surface area contributed by atoms with Gasteiger partial charge in [0.2, 0.25) is 0 Å². The lowest BCUT2D eigenvalue weighted by atomic mass is 9.92. The van der Waals surface area contributed by atoms with Gasteiger partial charge in [-0.05, 0) is 60.9 Å². The first kappa shape index (κ1) is 24.2. The topological polar surface area (TPSA) is 110 Å². The molecule has 4 aromatic rings. The molecule has 8 nitrogen and oxygen atoms in total. The van der Waals surface area contributed by atoms with Crippen LogP contribution >= 0.6 is 0 Å². The van der Waals surface area contributed by atoms with Gasteiger partial charge in [-0.15, -0.1) is 4.73 Å². The molecule has 0 radical (unpaired) electrons. The van der Waals surface area contributed by atoms with E-state index < -0.39 is 20.7 Å². The minimum absolute atomic E-state index is 0.206. The van der Waals surface area contributed by atoms with Crippen LogP contribution in [0.2, 0.25) is 0 Å². The predicted molar refractivity (Wildman–Crippen MR) is 132 cm³/mol. The lowest BCUT2D eigenvalue weighted by molar-refractivity contribution is -0.610. The summed E-state index contributed by atoms with van der Waals surface area (Å²) in [4.78, 5) is 15.9. The van der Waals surface area contributed by atoms with Crippen LogP contribution in [0.15, 0.2) is 73.1 Å². The van der Waals surface area contributed by atoms with Gasteiger partial charge in [-0.25, -0.2) is 13.2 Å². The first-order valence-electron chi connectivity index (χ1n) is 10.7. The van der Waals surface area contributed by atoms with Gasteiger partial charge in [0.15, 0.2) is 16.0 Å². The number of rotatable bonds is 5. The van der Waals surface area contributed by atoms with Gasteiger partial charge >= 0.3 is 12.0 Å². The van der Waals surface area contributed by atoms with Gasteiger partial charge in [-0.2, -0.15) is 0 Å². The quantitative estimate of drug-likeness (QED) is 0.227. The Morgan fingerprint density at radius 3 is 2.43 bits per heavy atom.